The molecule has 4 nitrogen and oxygen atoms in total. The van der Waals surface area contributed by atoms with Crippen molar-refractivity contribution in [3.63, 3.8) is 0 Å². The first-order valence-electron chi connectivity index (χ1n) is 6.03. The van der Waals surface area contributed by atoms with Crippen molar-refractivity contribution >= 4 is 5.91 Å². The third-order valence-corrected chi connectivity index (χ3v) is 3.41. The highest BCUT2D eigenvalue weighted by Crippen LogP contribution is 2.28. The summed E-state index contributed by atoms with van der Waals surface area (Å²) in [4.78, 5) is 11.5. The van der Waals surface area contributed by atoms with E-state index in [2.05, 4.69) is 6.92 Å². The van der Waals surface area contributed by atoms with E-state index in [1.165, 1.54) is 11.1 Å². The number of nitrogens with zero attached hydrogens (tertiary/aromatic N) is 1. The van der Waals surface area contributed by atoms with Crippen LogP contribution in [0.1, 0.15) is 28.7 Å². The van der Waals surface area contributed by atoms with Gasteiger partial charge in [0.2, 0.25) is 5.91 Å². The smallest absolute Gasteiger partial charge is 0.236 e. The molecule has 0 saturated heterocycles. The second-order valence-corrected chi connectivity index (χ2v) is 4.63. The summed E-state index contributed by atoms with van der Waals surface area (Å²) in [7, 11) is 3.25. The molecule has 4 heteroatoms. The van der Waals surface area contributed by atoms with E-state index in [1.54, 1.807) is 14.2 Å². The number of amides is 1. The van der Waals surface area contributed by atoms with Gasteiger partial charge in [0.25, 0.3) is 0 Å². The summed E-state index contributed by atoms with van der Waals surface area (Å²) in [5.41, 5.74) is 4.69. The van der Waals surface area contributed by atoms with Gasteiger partial charge in [0, 0.05) is 13.5 Å². The summed E-state index contributed by atoms with van der Waals surface area (Å²) >= 11 is 0. The molecule has 1 aromatic carbocycles. The Balaban J connectivity index is 2.97. The molecule has 100 valence electrons. The number of nitrogens with two attached hydrogens (primary N) is 1. The maximum atomic E-state index is 11.5. The highest BCUT2D eigenvalue weighted by atomic mass is 16.5. The Hall–Kier alpha value is -1.55. The molecule has 0 aliphatic carbocycles. The van der Waals surface area contributed by atoms with Crippen LogP contribution in [0.3, 0.4) is 0 Å². The molecule has 1 amide bonds. The van der Waals surface area contributed by atoms with Crippen molar-refractivity contribution in [1.29, 1.82) is 0 Å². The Labute approximate surface area is 109 Å². The number of aryl methyl sites for hydroxylation is 1. The minimum absolute atomic E-state index is 0.0535. The first-order chi connectivity index (χ1) is 8.38. The fourth-order valence-electron chi connectivity index (χ4n) is 2.10. The molecule has 18 heavy (non-hydrogen) atoms. The number of carbonyl (C=O) groups is 1. The number of hydrogen-bond donors (Lipinski definition) is 1. The summed E-state index contributed by atoms with van der Waals surface area (Å²) in [6.07, 6.45) is 1.14. The fraction of sp³-hybridized carbons (Fsp3) is 0.500. The lowest BCUT2D eigenvalue weighted by Crippen LogP contribution is -2.33. The van der Waals surface area contributed by atoms with E-state index in [-0.39, 0.29) is 5.91 Å². The number of hydrogen-bond acceptors (Lipinski definition) is 3. The van der Waals surface area contributed by atoms with Crippen LogP contribution in [0.15, 0.2) is 6.07 Å². The third kappa shape index (κ3) is 3.01. The SMILES string of the molecule is COc1cc(C)c(CCC(=O)N(C)N)c(C)c1C. The lowest BCUT2D eigenvalue weighted by molar-refractivity contribution is -0.130. The number of ether oxygens (including phenoxy) is 1. The van der Waals surface area contributed by atoms with Crippen molar-refractivity contribution in [2.75, 3.05) is 14.2 Å². The average molecular weight is 250 g/mol. The second kappa shape index (κ2) is 5.87. The Bertz CT molecular complexity index is 454. The van der Waals surface area contributed by atoms with Gasteiger partial charge >= 0.3 is 0 Å². The molecular weight excluding hydrogens is 228 g/mol. The number of rotatable bonds is 4. The molecule has 0 aromatic heterocycles. The van der Waals surface area contributed by atoms with Gasteiger partial charge in [-0.3, -0.25) is 9.80 Å². The van der Waals surface area contributed by atoms with Crippen molar-refractivity contribution in [2.24, 2.45) is 5.84 Å². The quantitative estimate of drug-likeness (QED) is 0.504. The summed E-state index contributed by atoms with van der Waals surface area (Å²) in [5.74, 6) is 6.26. The summed E-state index contributed by atoms with van der Waals surface area (Å²) in [6.45, 7) is 6.14. The normalized spacial score (nSPS) is 10.3. The number of methoxy groups -OCH3 is 1. The van der Waals surface area contributed by atoms with E-state index in [0.29, 0.717) is 12.8 Å². The predicted molar refractivity (Wildman–Crippen MR) is 72.5 cm³/mol. The Morgan fingerprint density at radius 2 is 1.94 bits per heavy atom. The third-order valence-electron chi connectivity index (χ3n) is 3.41. The molecule has 0 bridgehead atoms. The number of benzene rings is 1. The van der Waals surface area contributed by atoms with Gasteiger partial charge in [-0.2, -0.15) is 0 Å². The summed E-state index contributed by atoms with van der Waals surface area (Å²) in [5, 5.41) is 1.14. The van der Waals surface area contributed by atoms with E-state index < -0.39 is 0 Å². The Morgan fingerprint density at radius 1 is 1.33 bits per heavy atom. The molecule has 0 spiro atoms. The number of hydrazine groups is 1. The van der Waals surface area contributed by atoms with Crippen LogP contribution in [0.25, 0.3) is 0 Å². The summed E-state index contributed by atoms with van der Waals surface area (Å²) < 4.78 is 5.33. The van der Waals surface area contributed by atoms with Crippen LogP contribution < -0.4 is 10.6 Å². The van der Waals surface area contributed by atoms with Crippen molar-refractivity contribution in [1.82, 2.24) is 5.01 Å². The van der Waals surface area contributed by atoms with Crippen LogP contribution in [0.4, 0.5) is 0 Å². The van der Waals surface area contributed by atoms with Gasteiger partial charge in [0.15, 0.2) is 0 Å². The molecule has 2 N–H and O–H groups in total. The molecule has 0 saturated carbocycles. The molecule has 0 radical (unpaired) electrons. The Kier molecular flexibility index (Phi) is 4.73. The molecule has 0 aliphatic heterocycles. The second-order valence-electron chi connectivity index (χ2n) is 4.63. The predicted octanol–water partition coefficient (Wildman–Crippen LogP) is 1.89. The van der Waals surface area contributed by atoms with Gasteiger partial charge in [-0.25, -0.2) is 5.84 Å². The fourth-order valence-corrected chi connectivity index (χ4v) is 2.10. The van der Waals surface area contributed by atoms with Gasteiger partial charge < -0.3 is 4.74 Å². The van der Waals surface area contributed by atoms with Gasteiger partial charge in [-0.05, 0) is 55.5 Å². The van der Waals surface area contributed by atoms with E-state index in [9.17, 15) is 4.79 Å². The molecule has 0 atom stereocenters. The van der Waals surface area contributed by atoms with Crippen molar-refractivity contribution in [2.45, 2.75) is 33.6 Å². The van der Waals surface area contributed by atoms with Gasteiger partial charge in [0.05, 0.1) is 7.11 Å². The van der Waals surface area contributed by atoms with Crippen LogP contribution in [0, 0.1) is 20.8 Å². The van der Waals surface area contributed by atoms with Crippen LogP contribution in [0.2, 0.25) is 0 Å². The molecule has 1 rings (SSSR count). The van der Waals surface area contributed by atoms with Crippen LogP contribution in [-0.2, 0) is 11.2 Å². The first-order valence-corrected chi connectivity index (χ1v) is 6.03. The maximum Gasteiger partial charge on any atom is 0.236 e. The van der Waals surface area contributed by atoms with E-state index in [0.717, 1.165) is 21.9 Å². The lowest BCUT2D eigenvalue weighted by Gasteiger charge is -2.16. The lowest BCUT2D eigenvalue weighted by atomic mass is 9.94. The standard InChI is InChI=1S/C14H22N2O2/c1-9-8-13(18-5)11(3)10(2)12(9)6-7-14(17)16(4)15/h8H,6-7,15H2,1-5H3. The van der Waals surface area contributed by atoms with Crippen molar-refractivity contribution in [3.8, 4) is 5.75 Å². The van der Waals surface area contributed by atoms with Crippen LogP contribution >= 0.6 is 0 Å². The highest BCUT2D eigenvalue weighted by Gasteiger charge is 2.12. The zero-order chi connectivity index (χ0) is 13.9. The van der Waals surface area contributed by atoms with Gasteiger partial charge in [-0.15, -0.1) is 0 Å². The molecule has 0 heterocycles. The van der Waals surface area contributed by atoms with Crippen molar-refractivity contribution in [3.05, 3.63) is 28.3 Å². The van der Waals surface area contributed by atoms with E-state index in [1.807, 2.05) is 19.9 Å². The summed E-state index contributed by atoms with van der Waals surface area (Å²) in [6, 6.07) is 2.02. The monoisotopic (exact) mass is 250 g/mol. The molecule has 1 aromatic rings. The largest absolute Gasteiger partial charge is 0.496 e. The molecular formula is C14H22N2O2. The van der Waals surface area contributed by atoms with Gasteiger partial charge in [0.1, 0.15) is 5.75 Å². The van der Waals surface area contributed by atoms with Crippen LogP contribution in [-0.4, -0.2) is 25.1 Å². The number of carbonyl (C=O) groups excluding carboxylic acids is 1. The van der Waals surface area contributed by atoms with E-state index in [4.69, 9.17) is 10.6 Å². The molecule has 0 unspecified atom stereocenters. The zero-order valence-corrected chi connectivity index (χ0v) is 11.8. The topological polar surface area (TPSA) is 55.6 Å². The van der Waals surface area contributed by atoms with Crippen molar-refractivity contribution < 1.29 is 9.53 Å². The minimum Gasteiger partial charge on any atom is -0.496 e. The van der Waals surface area contributed by atoms with Crippen LogP contribution in [0.5, 0.6) is 5.75 Å². The minimum atomic E-state index is -0.0535. The van der Waals surface area contributed by atoms with Gasteiger partial charge in [-0.1, -0.05) is 0 Å². The molecule has 0 fully saturated rings. The molecule has 0 aliphatic rings. The first kappa shape index (κ1) is 14.5. The Morgan fingerprint density at radius 3 is 2.44 bits per heavy atom. The average Bonchev–Trinajstić information content (AvgIpc) is 2.33. The highest BCUT2D eigenvalue weighted by molar-refractivity contribution is 5.75. The maximum absolute atomic E-state index is 11.5. The zero-order valence-electron chi connectivity index (χ0n) is 11.8. The van der Waals surface area contributed by atoms with E-state index >= 15 is 0 Å².